The van der Waals surface area contributed by atoms with Crippen LogP contribution in [0.15, 0.2) is 18.2 Å². The van der Waals surface area contributed by atoms with Crippen molar-refractivity contribution in [3.05, 3.63) is 24.0 Å². The van der Waals surface area contributed by atoms with Crippen molar-refractivity contribution < 1.29 is 9.18 Å². The molecule has 17 heavy (non-hydrogen) atoms. The number of anilines is 2. The maximum Gasteiger partial charge on any atom is 0.319 e. The maximum absolute atomic E-state index is 12.9. The predicted molar refractivity (Wildman–Crippen MR) is 65.2 cm³/mol. The quantitative estimate of drug-likeness (QED) is 0.691. The van der Waals surface area contributed by atoms with Crippen LogP contribution < -0.4 is 16.4 Å². The van der Waals surface area contributed by atoms with Gasteiger partial charge in [-0.2, -0.15) is 0 Å². The Labute approximate surface area is 99.4 Å². The topological polar surface area (TPSA) is 67.2 Å². The van der Waals surface area contributed by atoms with E-state index < -0.39 is 5.82 Å². The maximum atomic E-state index is 12.9. The minimum atomic E-state index is -0.487. The molecule has 1 fully saturated rings. The van der Waals surface area contributed by atoms with E-state index in [1.54, 1.807) is 0 Å². The Bertz CT molecular complexity index is 459. The molecule has 92 valence electrons. The molecule has 0 spiro atoms. The fourth-order valence-electron chi connectivity index (χ4n) is 1.66. The van der Waals surface area contributed by atoms with Gasteiger partial charge in [0, 0.05) is 11.7 Å². The molecule has 0 heterocycles. The fraction of sp³-hybridized carbons (Fsp3) is 0.417. The van der Waals surface area contributed by atoms with Crippen LogP contribution in [0.4, 0.5) is 20.6 Å². The van der Waals surface area contributed by atoms with Crippen LogP contribution in [-0.4, -0.2) is 12.1 Å². The van der Waals surface area contributed by atoms with Gasteiger partial charge in [0.25, 0.3) is 0 Å². The Hall–Kier alpha value is -1.78. The average Bonchev–Trinajstić information content (AvgIpc) is 2.79. The molecule has 2 amide bonds. The van der Waals surface area contributed by atoms with Gasteiger partial charge in [0.15, 0.2) is 0 Å². The number of halogens is 1. The van der Waals surface area contributed by atoms with Crippen molar-refractivity contribution in [3.63, 3.8) is 0 Å². The van der Waals surface area contributed by atoms with Crippen molar-refractivity contribution in [1.29, 1.82) is 0 Å². The summed E-state index contributed by atoms with van der Waals surface area (Å²) in [4.78, 5) is 11.6. The zero-order valence-electron chi connectivity index (χ0n) is 9.88. The van der Waals surface area contributed by atoms with Gasteiger partial charge in [-0.15, -0.1) is 0 Å². The third-order valence-electron chi connectivity index (χ3n) is 3.07. The minimum absolute atomic E-state index is 0.0227. The molecular formula is C12H16FN3O. The number of hydrogen-bond acceptors (Lipinski definition) is 2. The molecule has 0 radical (unpaired) electrons. The van der Waals surface area contributed by atoms with E-state index in [0.717, 1.165) is 6.42 Å². The first kappa shape index (κ1) is 11.7. The summed E-state index contributed by atoms with van der Waals surface area (Å²) in [6.07, 6.45) is 0.978. The second-order valence-corrected chi connectivity index (χ2v) is 5.08. The van der Waals surface area contributed by atoms with Crippen molar-refractivity contribution in [2.75, 3.05) is 11.1 Å². The van der Waals surface area contributed by atoms with Gasteiger partial charge >= 0.3 is 6.03 Å². The van der Waals surface area contributed by atoms with Gasteiger partial charge in [-0.25, -0.2) is 9.18 Å². The average molecular weight is 237 g/mol. The van der Waals surface area contributed by atoms with E-state index >= 15 is 0 Å². The Balaban J connectivity index is 1.92. The van der Waals surface area contributed by atoms with Gasteiger partial charge < -0.3 is 16.4 Å². The Kier molecular flexibility index (Phi) is 2.69. The number of urea groups is 1. The molecule has 0 bridgehead atoms. The predicted octanol–water partition coefficient (Wildman–Crippen LogP) is 2.33. The molecule has 1 saturated carbocycles. The van der Waals surface area contributed by atoms with Crippen molar-refractivity contribution in [2.45, 2.75) is 26.3 Å². The van der Waals surface area contributed by atoms with Crippen LogP contribution in [0.5, 0.6) is 0 Å². The molecule has 4 N–H and O–H groups in total. The highest BCUT2D eigenvalue weighted by Crippen LogP contribution is 2.44. The Morgan fingerprint density at radius 3 is 2.71 bits per heavy atom. The standard InChI is InChI=1S/C12H16FN3O/c1-12(2)6-10(12)16-11(17)15-7-3-4-8(13)9(14)5-7/h3-5,10H,6,14H2,1-2H3,(H2,15,16,17). The van der Waals surface area contributed by atoms with E-state index in [-0.39, 0.29) is 23.2 Å². The van der Waals surface area contributed by atoms with E-state index in [2.05, 4.69) is 24.5 Å². The van der Waals surface area contributed by atoms with Crippen LogP contribution in [0, 0.1) is 11.2 Å². The van der Waals surface area contributed by atoms with Crippen LogP contribution >= 0.6 is 0 Å². The lowest BCUT2D eigenvalue weighted by Gasteiger charge is -2.09. The summed E-state index contributed by atoms with van der Waals surface area (Å²) in [5.41, 5.74) is 6.09. The summed E-state index contributed by atoms with van der Waals surface area (Å²) >= 11 is 0. The molecule has 0 aliphatic heterocycles. The summed E-state index contributed by atoms with van der Waals surface area (Å²) in [5, 5.41) is 5.46. The minimum Gasteiger partial charge on any atom is -0.396 e. The van der Waals surface area contributed by atoms with E-state index in [0.29, 0.717) is 5.69 Å². The molecule has 1 atom stereocenters. The number of rotatable bonds is 2. The smallest absolute Gasteiger partial charge is 0.319 e. The van der Waals surface area contributed by atoms with Crippen LogP contribution in [0.2, 0.25) is 0 Å². The Morgan fingerprint density at radius 1 is 1.53 bits per heavy atom. The van der Waals surface area contributed by atoms with E-state index in [4.69, 9.17) is 5.73 Å². The van der Waals surface area contributed by atoms with Crippen molar-refractivity contribution in [3.8, 4) is 0 Å². The first-order valence-electron chi connectivity index (χ1n) is 5.51. The normalized spacial score (nSPS) is 20.8. The number of amides is 2. The number of carbonyl (C=O) groups is 1. The largest absolute Gasteiger partial charge is 0.396 e. The van der Waals surface area contributed by atoms with Crippen molar-refractivity contribution in [2.24, 2.45) is 5.41 Å². The first-order valence-corrected chi connectivity index (χ1v) is 5.51. The molecule has 2 rings (SSSR count). The molecule has 1 aliphatic carbocycles. The van der Waals surface area contributed by atoms with E-state index in [1.807, 2.05) is 0 Å². The van der Waals surface area contributed by atoms with Crippen LogP contribution in [0.1, 0.15) is 20.3 Å². The summed E-state index contributed by atoms with van der Waals surface area (Å²) in [5.74, 6) is -0.487. The molecule has 0 aromatic heterocycles. The molecule has 0 saturated heterocycles. The van der Waals surface area contributed by atoms with Crippen LogP contribution in [-0.2, 0) is 0 Å². The highest BCUT2D eigenvalue weighted by atomic mass is 19.1. The molecule has 1 aromatic rings. The van der Waals surface area contributed by atoms with Crippen molar-refractivity contribution >= 4 is 17.4 Å². The molecule has 5 heteroatoms. The van der Waals surface area contributed by atoms with E-state index in [1.165, 1.54) is 18.2 Å². The van der Waals surface area contributed by atoms with Gasteiger partial charge in [0.1, 0.15) is 5.82 Å². The second-order valence-electron chi connectivity index (χ2n) is 5.08. The highest BCUT2D eigenvalue weighted by molar-refractivity contribution is 5.90. The first-order chi connectivity index (χ1) is 7.88. The molecule has 1 aromatic carbocycles. The van der Waals surface area contributed by atoms with Gasteiger partial charge in [-0.1, -0.05) is 13.8 Å². The number of nitrogens with one attached hydrogen (secondary N) is 2. The van der Waals surface area contributed by atoms with Crippen LogP contribution in [0.25, 0.3) is 0 Å². The second kappa shape index (κ2) is 3.91. The summed E-state index contributed by atoms with van der Waals surface area (Å²) in [7, 11) is 0. The molecule has 1 aliphatic rings. The van der Waals surface area contributed by atoms with Gasteiger partial charge in [-0.3, -0.25) is 0 Å². The van der Waals surface area contributed by atoms with Gasteiger partial charge in [0.2, 0.25) is 0 Å². The number of nitrogen functional groups attached to an aromatic ring is 1. The monoisotopic (exact) mass is 237 g/mol. The lowest BCUT2D eigenvalue weighted by atomic mass is 10.2. The zero-order valence-corrected chi connectivity index (χ0v) is 9.88. The zero-order chi connectivity index (χ0) is 12.6. The fourth-order valence-corrected chi connectivity index (χ4v) is 1.66. The van der Waals surface area contributed by atoms with Crippen LogP contribution in [0.3, 0.4) is 0 Å². The third-order valence-corrected chi connectivity index (χ3v) is 3.07. The number of hydrogen-bond donors (Lipinski definition) is 3. The van der Waals surface area contributed by atoms with E-state index in [9.17, 15) is 9.18 Å². The van der Waals surface area contributed by atoms with Gasteiger partial charge in [0.05, 0.1) is 5.69 Å². The SMILES string of the molecule is CC1(C)CC1NC(=O)Nc1ccc(F)c(N)c1. The molecule has 4 nitrogen and oxygen atoms in total. The molecule has 1 unspecified atom stereocenters. The summed E-state index contributed by atoms with van der Waals surface area (Å²) in [6.45, 7) is 4.18. The van der Waals surface area contributed by atoms with Gasteiger partial charge in [-0.05, 0) is 30.0 Å². The summed E-state index contributed by atoms with van der Waals surface area (Å²) < 4.78 is 12.9. The number of carbonyl (C=O) groups excluding carboxylic acids is 1. The highest BCUT2D eigenvalue weighted by Gasteiger charge is 2.46. The lowest BCUT2D eigenvalue weighted by molar-refractivity contribution is 0.250. The summed E-state index contributed by atoms with van der Waals surface area (Å²) in [6, 6.07) is 4.02. The molecular weight excluding hydrogens is 221 g/mol. The Morgan fingerprint density at radius 2 is 2.18 bits per heavy atom. The number of nitrogens with two attached hydrogens (primary N) is 1. The lowest BCUT2D eigenvalue weighted by Crippen LogP contribution is -2.32. The third kappa shape index (κ3) is 2.67. The number of benzene rings is 1. The van der Waals surface area contributed by atoms with Crippen molar-refractivity contribution in [1.82, 2.24) is 5.32 Å².